The highest BCUT2D eigenvalue weighted by atomic mass is 32.2. The van der Waals surface area contributed by atoms with E-state index in [4.69, 9.17) is 0 Å². The highest BCUT2D eigenvalue weighted by Crippen LogP contribution is 2.21. The average molecular weight is 374 g/mol. The molecule has 0 N–H and O–H groups in total. The summed E-state index contributed by atoms with van der Waals surface area (Å²) in [6.45, 7) is 0.382. The molecular weight excluding hydrogens is 356 g/mol. The van der Waals surface area contributed by atoms with E-state index in [2.05, 4.69) is 4.98 Å². The van der Waals surface area contributed by atoms with Crippen LogP contribution in [0.4, 0.5) is 0 Å². The first kappa shape index (κ1) is 17.7. The van der Waals surface area contributed by atoms with Gasteiger partial charge in [-0.1, -0.05) is 48.2 Å². The third-order valence-corrected chi connectivity index (χ3v) is 6.12. The Labute approximate surface area is 151 Å². The van der Waals surface area contributed by atoms with Crippen LogP contribution in [0.3, 0.4) is 0 Å². The summed E-state index contributed by atoms with van der Waals surface area (Å²) in [7, 11) is -3.23. The lowest BCUT2D eigenvalue weighted by Crippen LogP contribution is -2.41. The van der Waals surface area contributed by atoms with E-state index in [1.807, 2.05) is 48.5 Å². The fourth-order valence-corrected chi connectivity index (χ4v) is 4.62. The van der Waals surface area contributed by atoms with E-state index in [-0.39, 0.29) is 17.4 Å². The highest BCUT2D eigenvalue weighted by molar-refractivity contribution is 7.99. The van der Waals surface area contributed by atoms with Gasteiger partial charge in [-0.05, 0) is 23.8 Å². The predicted octanol–water partition coefficient (Wildman–Crippen LogP) is 2.51. The molecule has 0 saturated carbocycles. The number of hydrogen-bond acceptors (Lipinski definition) is 5. The molecule has 1 amide bonds. The second-order valence-electron chi connectivity index (χ2n) is 5.69. The van der Waals surface area contributed by atoms with Crippen LogP contribution in [0, 0.1) is 0 Å². The van der Waals surface area contributed by atoms with E-state index in [1.165, 1.54) is 17.2 Å². The molecule has 1 aromatic heterocycles. The van der Waals surface area contributed by atoms with Crippen LogP contribution in [-0.2, 0) is 21.2 Å². The quantitative estimate of drug-likeness (QED) is 0.727. The summed E-state index contributed by atoms with van der Waals surface area (Å²) >= 11 is 1.35. The van der Waals surface area contributed by atoms with Crippen LogP contribution in [0.15, 0.2) is 71.2 Å². The van der Waals surface area contributed by atoms with E-state index in [1.54, 1.807) is 17.2 Å². The molecule has 0 saturated heterocycles. The Kier molecular flexibility index (Phi) is 5.55. The number of pyridine rings is 1. The number of carbonyl (C=O) groups is 1. The molecule has 25 heavy (non-hydrogen) atoms. The van der Waals surface area contributed by atoms with Crippen LogP contribution in [0.25, 0.3) is 0 Å². The van der Waals surface area contributed by atoms with Crippen molar-refractivity contribution in [2.45, 2.75) is 17.6 Å². The minimum absolute atomic E-state index is 0.0557. The number of aromatic nitrogens is 1. The molecule has 5 nitrogen and oxygen atoms in total. The van der Waals surface area contributed by atoms with E-state index >= 15 is 0 Å². The van der Waals surface area contributed by atoms with Crippen LogP contribution in [0.1, 0.15) is 5.56 Å². The molecule has 2 heterocycles. The number of nitrogens with zero attached hydrogens (tertiary/aromatic N) is 2. The summed E-state index contributed by atoms with van der Waals surface area (Å²) in [5, 5.41) is 1.97. The molecule has 0 aliphatic carbocycles. The molecule has 1 aliphatic rings. The number of thioether (sulfide) groups is 1. The second kappa shape index (κ2) is 7.84. The Bertz CT molecular complexity index is 852. The van der Waals surface area contributed by atoms with Gasteiger partial charge in [-0.25, -0.2) is 13.4 Å². The zero-order chi connectivity index (χ0) is 17.7. The first-order chi connectivity index (χ1) is 12.0. The molecule has 1 atom stereocenters. The zero-order valence-corrected chi connectivity index (χ0v) is 15.1. The summed E-state index contributed by atoms with van der Waals surface area (Å²) in [5.41, 5.74) is 0.969. The molecule has 0 radical (unpaired) electrons. The molecule has 2 aromatic rings. The Hall–Kier alpha value is -2.12. The van der Waals surface area contributed by atoms with Crippen molar-refractivity contribution in [1.29, 1.82) is 0 Å². The van der Waals surface area contributed by atoms with Crippen molar-refractivity contribution in [2.75, 3.05) is 11.5 Å². The summed E-state index contributed by atoms with van der Waals surface area (Å²) in [4.78, 5) is 18.6. The molecule has 0 bridgehead atoms. The number of rotatable bonds is 6. The molecule has 3 rings (SSSR count). The van der Waals surface area contributed by atoms with Crippen LogP contribution in [0.5, 0.6) is 0 Å². The second-order valence-corrected chi connectivity index (χ2v) is 8.62. The van der Waals surface area contributed by atoms with Crippen molar-refractivity contribution >= 4 is 27.5 Å². The van der Waals surface area contributed by atoms with Gasteiger partial charge in [0.2, 0.25) is 5.91 Å². The smallest absolute Gasteiger partial charge is 0.233 e. The normalized spacial score (nSPS) is 18.2. The molecule has 130 valence electrons. The summed E-state index contributed by atoms with van der Waals surface area (Å²) in [5.74, 6) is 0.0555. The maximum Gasteiger partial charge on any atom is 0.233 e. The highest BCUT2D eigenvalue weighted by Gasteiger charge is 2.30. The van der Waals surface area contributed by atoms with Gasteiger partial charge in [0.1, 0.15) is 0 Å². The van der Waals surface area contributed by atoms with Crippen LogP contribution in [-0.4, -0.2) is 41.8 Å². The summed E-state index contributed by atoms with van der Waals surface area (Å²) in [6, 6.07) is 14.7. The maximum atomic E-state index is 12.8. The third kappa shape index (κ3) is 4.93. The molecule has 1 aliphatic heterocycles. The zero-order valence-electron chi connectivity index (χ0n) is 13.5. The van der Waals surface area contributed by atoms with E-state index in [0.29, 0.717) is 6.54 Å². The van der Waals surface area contributed by atoms with Gasteiger partial charge in [-0.3, -0.25) is 4.79 Å². The maximum absolute atomic E-state index is 12.8. The Morgan fingerprint density at radius 3 is 2.56 bits per heavy atom. The molecule has 0 spiro atoms. The van der Waals surface area contributed by atoms with Crippen molar-refractivity contribution in [1.82, 2.24) is 9.88 Å². The minimum Gasteiger partial charge on any atom is -0.330 e. The van der Waals surface area contributed by atoms with Crippen molar-refractivity contribution in [3.05, 3.63) is 71.8 Å². The minimum atomic E-state index is -3.23. The van der Waals surface area contributed by atoms with Gasteiger partial charge in [0.05, 0.1) is 22.6 Å². The standard InChI is InChI=1S/C18H18N2O3S2/c21-18(13-24-17-8-4-5-10-19-17)20(12-15-6-2-1-3-7-15)16-9-11-25(22,23)14-16/h1-11,16H,12-14H2/t16-/m0/s1. The fourth-order valence-electron chi connectivity index (χ4n) is 2.57. The van der Waals surface area contributed by atoms with Crippen molar-refractivity contribution in [2.24, 2.45) is 0 Å². The Morgan fingerprint density at radius 2 is 1.92 bits per heavy atom. The molecule has 0 unspecified atom stereocenters. The lowest BCUT2D eigenvalue weighted by Gasteiger charge is -2.27. The Balaban J connectivity index is 1.73. The number of carbonyl (C=O) groups excluding carboxylic acids is 1. The van der Waals surface area contributed by atoms with Crippen molar-refractivity contribution < 1.29 is 13.2 Å². The lowest BCUT2D eigenvalue weighted by molar-refractivity contribution is -0.130. The SMILES string of the molecule is O=C(CSc1ccccn1)N(Cc1ccccc1)[C@H]1C=CS(=O)(=O)C1. The largest absolute Gasteiger partial charge is 0.330 e. The van der Waals surface area contributed by atoms with Gasteiger partial charge in [0.25, 0.3) is 0 Å². The van der Waals surface area contributed by atoms with Gasteiger partial charge < -0.3 is 4.90 Å². The van der Waals surface area contributed by atoms with Crippen LogP contribution < -0.4 is 0 Å². The Morgan fingerprint density at radius 1 is 1.16 bits per heavy atom. The van der Waals surface area contributed by atoms with E-state index in [9.17, 15) is 13.2 Å². The van der Waals surface area contributed by atoms with Gasteiger partial charge in [-0.15, -0.1) is 0 Å². The fraction of sp³-hybridized carbons (Fsp3) is 0.222. The summed E-state index contributed by atoms with van der Waals surface area (Å²) < 4.78 is 23.5. The van der Waals surface area contributed by atoms with Gasteiger partial charge in [0.15, 0.2) is 9.84 Å². The first-order valence-corrected chi connectivity index (χ1v) is 10.5. The third-order valence-electron chi connectivity index (χ3n) is 3.81. The van der Waals surface area contributed by atoms with E-state index < -0.39 is 15.9 Å². The predicted molar refractivity (Wildman–Crippen MR) is 98.7 cm³/mol. The van der Waals surface area contributed by atoms with Gasteiger partial charge in [-0.2, -0.15) is 0 Å². The summed E-state index contributed by atoms with van der Waals surface area (Å²) in [6.07, 6.45) is 3.28. The lowest BCUT2D eigenvalue weighted by atomic mass is 10.2. The number of hydrogen-bond donors (Lipinski definition) is 0. The van der Waals surface area contributed by atoms with Crippen molar-refractivity contribution in [3.63, 3.8) is 0 Å². The topological polar surface area (TPSA) is 67.3 Å². The molecular formula is C18H18N2O3S2. The molecule has 1 aromatic carbocycles. The monoisotopic (exact) mass is 374 g/mol. The van der Waals surface area contributed by atoms with E-state index in [0.717, 1.165) is 10.6 Å². The average Bonchev–Trinajstić information content (AvgIpc) is 2.99. The molecule has 7 heteroatoms. The molecule has 0 fully saturated rings. The van der Waals surface area contributed by atoms with Crippen molar-refractivity contribution in [3.8, 4) is 0 Å². The first-order valence-electron chi connectivity index (χ1n) is 7.82. The van der Waals surface area contributed by atoms with Gasteiger partial charge in [0, 0.05) is 18.1 Å². The number of amides is 1. The van der Waals surface area contributed by atoms with Crippen LogP contribution >= 0.6 is 11.8 Å². The van der Waals surface area contributed by atoms with Gasteiger partial charge >= 0.3 is 0 Å². The van der Waals surface area contributed by atoms with Crippen LogP contribution in [0.2, 0.25) is 0 Å². The number of benzene rings is 1. The number of sulfone groups is 1.